The van der Waals surface area contributed by atoms with Crippen LogP contribution in [0.1, 0.15) is 25.3 Å². The lowest BCUT2D eigenvalue weighted by atomic mass is 10.0. The first-order valence-electron chi connectivity index (χ1n) is 6.81. The van der Waals surface area contributed by atoms with Gasteiger partial charge in [0.1, 0.15) is 5.82 Å². The van der Waals surface area contributed by atoms with Crippen LogP contribution in [0.3, 0.4) is 0 Å². The molecule has 1 N–H and O–H groups in total. The molecule has 1 aromatic rings. The van der Waals surface area contributed by atoms with Crippen molar-refractivity contribution in [2.24, 2.45) is 5.92 Å². The Morgan fingerprint density at radius 1 is 1.39 bits per heavy atom. The topological polar surface area (TPSA) is 15.3 Å². The van der Waals surface area contributed by atoms with Crippen molar-refractivity contribution in [3.63, 3.8) is 0 Å². The van der Waals surface area contributed by atoms with Gasteiger partial charge in [0.2, 0.25) is 0 Å². The summed E-state index contributed by atoms with van der Waals surface area (Å²) in [5, 5.41) is 3.30. The number of rotatable bonds is 5. The molecule has 0 amide bonds. The lowest BCUT2D eigenvalue weighted by molar-refractivity contribution is 0.307. The van der Waals surface area contributed by atoms with Crippen molar-refractivity contribution in [2.45, 2.75) is 32.4 Å². The van der Waals surface area contributed by atoms with Crippen molar-refractivity contribution in [1.82, 2.24) is 10.2 Å². The fourth-order valence-corrected chi connectivity index (χ4v) is 2.71. The summed E-state index contributed by atoms with van der Waals surface area (Å²) in [6.45, 7) is 5.52. The zero-order valence-corrected chi connectivity index (χ0v) is 11.3. The van der Waals surface area contributed by atoms with Crippen LogP contribution in [0.2, 0.25) is 0 Å². The van der Waals surface area contributed by atoms with E-state index >= 15 is 0 Å². The molecule has 1 heterocycles. The lowest BCUT2D eigenvalue weighted by Crippen LogP contribution is -2.26. The molecule has 1 saturated heterocycles. The van der Waals surface area contributed by atoms with Crippen molar-refractivity contribution >= 4 is 0 Å². The molecule has 2 unspecified atom stereocenters. The second-order valence-electron chi connectivity index (χ2n) is 5.44. The van der Waals surface area contributed by atoms with Crippen LogP contribution in [-0.2, 0) is 6.54 Å². The van der Waals surface area contributed by atoms with Crippen LogP contribution in [0.4, 0.5) is 4.39 Å². The van der Waals surface area contributed by atoms with Gasteiger partial charge >= 0.3 is 0 Å². The van der Waals surface area contributed by atoms with Crippen LogP contribution in [0.25, 0.3) is 0 Å². The number of nitrogens with zero attached hydrogens (tertiary/aromatic N) is 1. The minimum Gasteiger partial charge on any atom is -0.317 e. The van der Waals surface area contributed by atoms with E-state index in [-0.39, 0.29) is 5.82 Å². The highest BCUT2D eigenvalue weighted by Crippen LogP contribution is 2.22. The van der Waals surface area contributed by atoms with Crippen molar-refractivity contribution in [2.75, 3.05) is 20.1 Å². The van der Waals surface area contributed by atoms with Crippen LogP contribution >= 0.6 is 0 Å². The summed E-state index contributed by atoms with van der Waals surface area (Å²) in [4.78, 5) is 2.47. The van der Waals surface area contributed by atoms with E-state index in [0.717, 1.165) is 12.5 Å². The summed E-state index contributed by atoms with van der Waals surface area (Å²) >= 11 is 0. The van der Waals surface area contributed by atoms with E-state index in [2.05, 4.69) is 17.1 Å². The summed E-state index contributed by atoms with van der Waals surface area (Å²) in [7, 11) is 2.02. The summed E-state index contributed by atoms with van der Waals surface area (Å²) < 4.78 is 12.8. The smallest absolute Gasteiger partial charge is 0.123 e. The third-order valence-electron chi connectivity index (χ3n) is 3.87. The fourth-order valence-electron chi connectivity index (χ4n) is 2.71. The van der Waals surface area contributed by atoms with Crippen LogP contribution in [-0.4, -0.2) is 31.1 Å². The van der Waals surface area contributed by atoms with Gasteiger partial charge in [0, 0.05) is 19.1 Å². The first-order valence-corrected chi connectivity index (χ1v) is 6.81. The van der Waals surface area contributed by atoms with Gasteiger partial charge in [-0.05, 0) is 57.0 Å². The van der Waals surface area contributed by atoms with E-state index in [1.165, 1.54) is 31.5 Å². The quantitative estimate of drug-likeness (QED) is 0.864. The second kappa shape index (κ2) is 6.30. The van der Waals surface area contributed by atoms with E-state index < -0.39 is 0 Å². The summed E-state index contributed by atoms with van der Waals surface area (Å²) in [5.74, 6) is 0.647. The molecule has 1 aliphatic rings. The minimum absolute atomic E-state index is 0.152. The molecule has 0 spiro atoms. The van der Waals surface area contributed by atoms with Crippen molar-refractivity contribution in [1.29, 1.82) is 0 Å². The van der Waals surface area contributed by atoms with Gasteiger partial charge in [-0.25, -0.2) is 4.39 Å². The number of hydrogen-bond donors (Lipinski definition) is 1. The lowest BCUT2D eigenvalue weighted by Gasteiger charge is -2.18. The molecule has 0 bridgehead atoms. The molecule has 1 fully saturated rings. The van der Waals surface area contributed by atoms with Gasteiger partial charge in [0.15, 0.2) is 0 Å². The molecule has 0 aliphatic carbocycles. The third kappa shape index (κ3) is 3.79. The maximum absolute atomic E-state index is 12.8. The molecule has 2 rings (SSSR count). The van der Waals surface area contributed by atoms with E-state index in [4.69, 9.17) is 0 Å². The molecule has 100 valence electrons. The van der Waals surface area contributed by atoms with E-state index in [9.17, 15) is 4.39 Å². The third-order valence-corrected chi connectivity index (χ3v) is 3.87. The van der Waals surface area contributed by atoms with Crippen molar-refractivity contribution in [3.05, 3.63) is 35.6 Å². The summed E-state index contributed by atoms with van der Waals surface area (Å²) in [6.07, 6.45) is 2.53. The highest BCUT2D eigenvalue weighted by molar-refractivity contribution is 5.16. The van der Waals surface area contributed by atoms with Gasteiger partial charge in [-0.15, -0.1) is 0 Å². The SMILES string of the molecule is CNC(C)CC1CCN(Cc2ccc(F)cc2)C1. The Bertz CT molecular complexity index is 363. The average molecular weight is 250 g/mol. The number of likely N-dealkylation sites (tertiary alicyclic amines) is 1. The molecular formula is C15H23FN2. The van der Waals surface area contributed by atoms with Crippen molar-refractivity contribution < 1.29 is 4.39 Å². The standard InChI is InChI=1S/C15H23FN2/c1-12(17-2)9-14-7-8-18(11-14)10-13-3-5-15(16)6-4-13/h3-6,12,14,17H,7-11H2,1-2H3. The Hall–Kier alpha value is -0.930. The molecule has 0 radical (unpaired) electrons. The maximum atomic E-state index is 12.8. The molecule has 1 aromatic carbocycles. The van der Waals surface area contributed by atoms with E-state index in [1.807, 2.05) is 19.2 Å². The largest absolute Gasteiger partial charge is 0.317 e. The van der Waals surface area contributed by atoms with Crippen LogP contribution in [0.5, 0.6) is 0 Å². The van der Waals surface area contributed by atoms with Gasteiger partial charge in [-0.1, -0.05) is 12.1 Å². The van der Waals surface area contributed by atoms with Crippen LogP contribution in [0.15, 0.2) is 24.3 Å². The Morgan fingerprint density at radius 3 is 2.78 bits per heavy atom. The fraction of sp³-hybridized carbons (Fsp3) is 0.600. The first-order chi connectivity index (χ1) is 8.67. The molecular weight excluding hydrogens is 227 g/mol. The van der Waals surface area contributed by atoms with Gasteiger partial charge in [0.25, 0.3) is 0 Å². The molecule has 0 saturated carbocycles. The Morgan fingerprint density at radius 2 is 2.11 bits per heavy atom. The predicted octanol–water partition coefficient (Wildman–Crippen LogP) is 2.65. The van der Waals surface area contributed by atoms with Crippen molar-refractivity contribution in [3.8, 4) is 0 Å². The summed E-state index contributed by atoms with van der Waals surface area (Å²) in [5.41, 5.74) is 1.21. The number of hydrogen-bond acceptors (Lipinski definition) is 2. The molecule has 2 nitrogen and oxygen atoms in total. The molecule has 0 aromatic heterocycles. The Kier molecular flexibility index (Phi) is 4.72. The van der Waals surface area contributed by atoms with Gasteiger partial charge < -0.3 is 5.32 Å². The molecule has 18 heavy (non-hydrogen) atoms. The second-order valence-corrected chi connectivity index (χ2v) is 5.44. The number of benzene rings is 1. The van der Waals surface area contributed by atoms with E-state index in [0.29, 0.717) is 6.04 Å². The highest BCUT2D eigenvalue weighted by Gasteiger charge is 2.23. The zero-order chi connectivity index (χ0) is 13.0. The number of halogens is 1. The molecule has 1 aliphatic heterocycles. The summed E-state index contributed by atoms with van der Waals surface area (Å²) in [6, 6.07) is 7.47. The number of nitrogens with one attached hydrogen (secondary N) is 1. The highest BCUT2D eigenvalue weighted by atomic mass is 19.1. The Labute approximate surface area is 109 Å². The van der Waals surface area contributed by atoms with E-state index in [1.54, 1.807) is 12.1 Å². The Balaban J connectivity index is 1.80. The molecule has 2 atom stereocenters. The monoisotopic (exact) mass is 250 g/mol. The van der Waals surface area contributed by atoms with Crippen LogP contribution < -0.4 is 5.32 Å². The predicted molar refractivity (Wildman–Crippen MR) is 72.9 cm³/mol. The average Bonchev–Trinajstić information content (AvgIpc) is 2.79. The van der Waals surface area contributed by atoms with Gasteiger partial charge in [-0.3, -0.25) is 4.90 Å². The van der Waals surface area contributed by atoms with Crippen LogP contribution in [0, 0.1) is 11.7 Å². The first kappa shape index (κ1) is 13.5. The minimum atomic E-state index is -0.152. The van der Waals surface area contributed by atoms with Gasteiger partial charge in [0.05, 0.1) is 0 Å². The van der Waals surface area contributed by atoms with Gasteiger partial charge in [-0.2, -0.15) is 0 Å². The normalized spacial score (nSPS) is 22.3. The zero-order valence-electron chi connectivity index (χ0n) is 11.3. The maximum Gasteiger partial charge on any atom is 0.123 e. The molecule has 3 heteroatoms.